The van der Waals surface area contributed by atoms with E-state index in [-0.39, 0.29) is 11.7 Å². The third-order valence-corrected chi connectivity index (χ3v) is 5.64. The smallest absolute Gasteiger partial charge is 0.479 e. The highest BCUT2D eigenvalue weighted by Gasteiger charge is 2.56. The highest BCUT2D eigenvalue weighted by Crippen LogP contribution is 2.31. The van der Waals surface area contributed by atoms with Gasteiger partial charge in [0.1, 0.15) is 0 Å². The van der Waals surface area contributed by atoms with Gasteiger partial charge in [-0.1, -0.05) is 66.2 Å². The largest absolute Gasteiger partial charge is 0.509 e. The van der Waals surface area contributed by atoms with E-state index in [1.807, 2.05) is 48.5 Å². The van der Waals surface area contributed by atoms with Crippen LogP contribution in [0.5, 0.6) is 0 Å². The van der Waals surface area contributed by atoms with E-state index in [2.05, 4.69) is 17.4 Å². The molecule has 5 nitrogen and oxygen atoms in total. The van der Waals surface area contributed by atoms with E-state index in [4.69, 9.17) is 9.31 Å². The predicted molar refractivity (Wildman–Crippen MR) is 100 cm³/mol. The topological polar surface area (TPSA) is 52.0 Å². The van der Waals surface area contributed by atoms with Gasteiger partial charge in [-0.3, -0.25) is 4.79 Å². The summed E-state index contributed by atoms with van der Waals surface area (Å²) in [5, 5.41) is 3.05. The number of fused-ring (bicyclic) bond motifs is 1. The molecule has 0 saturated carbocycles. The van der Waals surface area contributed by atoms with Crippen molar-refractivity contribution in [3.8, 4) is 0 Å². The molecular formula is C20H25BN2O3. The van der Waals surface area contributed by atoms with Gasteiger partial charge in [-0.2, -0.15) is 0 Å². The lowest BCUT2D eigenvalue weighted by molar-refractivity contribution is -0.785. The first-order chi connectivity index (χ1) is 12.8. The first-order valence-electron chi connectivity index (χ1n) is 9.41. The first kappa shape index (κ1) is 17.3. The molecule has 2 fully saturated rings. The van der Waals surface area contributed by atoms with Crippen molar-refractivity contribution in [2.24, 2.45) is 0 Å². The molecule has 0 aliphatic carbocycles. The Balaban J connectivity index is 1.51. The van der Waals surface area contributed by atoms with Gasteiger partial charge < -0.3 is 19.4 Å². The summed E-state index contributed by atoms with van der Waals surface area (Å²) in [7, 11) is 0. The fraction of sp³-hybridized carbons (Fsp3) is 0.350. The number of carbonyl (C=O) groups is 1. The number of rotatable bonds is 6. The number of nitrogens with one attached hydrogen (secondary N) is 2. The number of hydrogen-bond donors (Lipinski definition) is 2. The van der Waals surface area contributed by atoms with Gasteiger partial charge in [0, 0.05) is 13.0 Å². The van der Waals surface area contributed by atoms with Crippen molar-refractivity contribution in [1.82, 2.24) is 5.32 Å². The maximum atomic E-state index is 12.7. The van der Waals surface area contributed by atoms with E-state index in [9.17, 15) is 4.79 Å². The molecule has 136 valence electrons. The second kappa shape index (κ2) is 7.62. The van der Waals surface area contributed by atoms with Crippen LogP contribution in [-0.2, 0) is 20.6 Å². The summed E-state index contributed by atoms with van der Waals surface area (Å²) >= 11 is 0. The minimum Gasteiger partial charge on any atom is -0.509 e. The zero-order valence-electron chi connectivity index (χ0n) is 14.9. The Kier molecular flexibility index (Phi) is 5.06. The molecule has 2 aliphatic heterocycles. The number of hydrogen-bond acceptors (Lipinski definition) is 3. The molecule has 26 heavy (non-hydrogen) atoms. The van der Waals surface area contributed by atoms with Crippen LogP contribution in [0.4, 0.5) is 0 Å². The predicted octanol–water partition coefficient (Wildman–Crippen LogP) is 0.900. The lowest BCUT2D eigenvalue weighted by Crippen LogP contribution is -3.20. The molecule has 2 N–H and O–H groups in total. The van der Waals surface area contributed by atoms with Crippen molar-refractivity contribution in [2.45, 2.75) is 18.8 Å². The second-order valence-electron chi connectivity index (χ2n) is 7.15. The molecule has 2 aliphatic rings. The van der Waals surface area contributed by atoms with Crippen LogP contribution in [-0.4, -0.2) is 38.9 Å². The molecule has 4 rings (SSSR count). The van der Waals surface area contributed by atoms with Crippen LogP contribution in [0, 0.1) is 0 Å². The number of quaternary nitrogens is 1. The van der Waals surface area contributed by atoms with Gasteiger partial charge in [0.05, 0.1) is 26.3 Å². The van der Waals surface area contributed by atoms with Gasteiger partial charge in [0.15, 0.2) is 0 Å². The molecule has 2 aromatic rings. The third-order valence-electron chi connectivity index (χ3n) is 5.64. The average Bonchev–Trinajstić information content (AvgIpc) is 3.27. The summed E-state index contributed by atoms with van der Waals surface area (Å²) in [4.78, 5) is 14.1. The van der Waals surface area contributed by atoms with Crippen LogP contribution < -0.4 is 10.1 Å². The Morgan fingerprint density at radius 1 is 1.00 bits per heavy atom. The minimum absolute atomic E-state index is 0.0318. The number of amides is 1. The van der Waals surface area contributed by atoms with Gasteiger partial charge in [-0.25, -0.2) is 0 Å². The maximum Gasteiger partial charge on any atom is 0.479 e. The summed E-state index contributed by atoms with van der Waals surface area (Å²) in [5.74, 6) is -0.0312. The van der Waals surface area contributed by atoms with E-state index < -0.39 is 6.69 Å². The molecule has 0 aromatic heterocycles. The normalized spacial score (nSPS) is 25.6. The third kappa shape index (κ3) is 3.40. The Bertz CT molecular complexity index is 731. The van der Waals surface area contributed by atoms with Crippen LogP contribution >= 0.6 is 0 Å². The summed E-state index contributed by atoms with van der Waals surface area (Å²) in [5.41, 5.74) is 2.21. The van der Waals surface area contributed by atoms with Crippen molar-refractivity contribution >= 4 is 12.6 Å². The molecular weight excluding hydrogens is 327 g/mol. The van der Waals surface area contributed by atoms with E-state index in [1.165, 1.54) is 4.81 Å². The van der Waals surface area contributed by atoms with E-state index >= 15 is 0 Å². The van der Waals surface area contributed by atoms with Gasteiger partial charge in [0.2, 0.25) is 5.91 Å². The van der Waals surface area contributed by atoms with Crippen LogP contribution in [0.3, 0.4) is 0 Å². The average molecular weight is 352 g/mol. The van der Waals surface area contributed by atoms with Crippen molar-refractivity contribution < 1.29 is 18.9 Å². The Morgan fingerprint density at radius 3 is 2.27 bits per heavy atom. The van der Waals surface area contributed by atoms with Crippen molar-refractivity contribution in [3.05, 3.63) is 71.8 Å². The molecule has 2 saturated heterocycles. The molecule has 2 heterocycles. The zero-order valence-corrected chi connectivity index (χ0v) is 14.9. The molecule has 0 bridgehead atoms. The molecule has 0 spiro atoms. The number of carbonyl (C=O) groups excluding carboxylic acids is 1. The lowest BCUT2D eigenvalue weighted by atomic mass is 9.53. The zero-order chi connectivity index (χ0) is 17.8. The van der Waals surface area contributed by atoms with Crippen molar-refractivity contribution in [1.29, 1.82) is 0 Å². The van der Waals surface area contributed by atoms with E-state index in [1.54, 1.807) is 0 Å². The van der Waals surface area contributed by atoms with Crippen molar-refractivity contribution in [3.63, 3.8) is 0 Å². The summed E-state index contributed by atoms with van der Waals surface area (Å²) in [6.45, 7) is 2.33. The molecule has 1 unspecified atom stereocenters. The van der Waals surface area contributed by atoms with Crippen molar-refractivity contribution in [2.75, 3.05) is 26.3 Å². The van der Waals surface area contributed by atoms with Gasteiger partial charge >= 0.3 is 6.69 Å². The second-order valence-corrected chi connectivity index (χ2v) is 7.15. The highest BCUT2D eigenvalue weighted by molar-refractivity contribution is 6.61. The first-order valence-corrected chi connectivity index (χ1v) is 9.41. The summed E-state index contributed by atoms with van der Waals surface area (Å²) in [6, 6.07) is 20.2. The summed E-state index contributed by atoms with van der Waals surface area (Å²) < 4.78 is 12.3. The van der Waals surface area contributed by atoms with Crippen LogP contribution in [0.25, 0.3) is 0 Å². The summed E-state index contributed by atoms with van der Waals surface area (Å²) in [6.07, 6.45) is 0.375. The molecule has 1 amide bonds. The SMILES string of the molecule is O=C(CC(c1ccccc1)[B-]12OCC[NH+]1CCO2)NCc1ccccc1. The van der Waals surface area contributed by atoms with Gasteiger partial charge in [-0.05, 0) is 11.4 Å². The Hall–Kier alpha value is -2.15. The standard InChI is InChI=1S/C20H25BN2O3/c24-20(22-16-17-7-3-1-4-8-17)15-19(18-9-5-2-6-10-18)21-23(11-13-25-21)12-14-26-21/h1-10,19,23H,11-16H2,(H,22,24). The minimum atomic E-state index is -1.52. The molecule has 2 aromatic carbocycles. The molecule has 1 atom stereocenters. The maximum absolute atomic E-state index is 12.7. The van der Waals surface area contributed by atoms with Gasteiger partial charge in [0.25, 0.3) is 0 Å². The van der Waals surface area contributed by atoms with Crippen LogP contribution in [0.1, 0.15) is 23.4 Å². The highest BCUT2D eigenvalue weighted by atomic mass is 16.6. The van der Waals surface area contributed by atoms with E-state index in [0.29, 0.717) is 26.2 Å². The van der Waals surface area contributed by atoms with E-state index in [0.717, 1.165) is 24.2 Å². The molecule has 6 heteroatoms. The Labute approximate surface area is 154 Å². The monoisotopic (exact) mass is 352 g/mol. The fourth-order valence-corrected chi connectivity index (χ4v) is 4.35. The Morgan fingerprint density at radius 2 is 1.62 bits per heavy atom. The lowest BCUT2D eigenvalue weighted by Gasteiger charge is -2.38. The molecule has 0 radical (unpaired) electrons. The fourth-order valence-electron chi connectivity index (χ4n) is 4.35. The number of benzene rings is 2. The quantitative estimate of drug-likeness (QED) is 0.760. The van der Waals surface area contributed by atoms with Crippen LogP contribution in [0.2, 0.25) is 0 Å². The van der Waals surface area contributed by atoms with Gasteiger partial charge in [-0.15, -0.1) is 0 Å². The van der Waals surface area contributed by atoms with Crippen LogP contribution in [0.15, 0.2) is 60.7 Å².